The van der Waals surface area contributed by atoms with Gasteiger partial charge in [-0.2, -0.15) is 0 Å². The zero-order valence-electron chi connectivity index (χ0n) is 12.0. The summed E-state index contributed by atoms with van der Waals surface area (Å²) in [5.74, 6) is 0. The average Bonchev–Trinajstić information content (AvgIpc) is 2.30. The van der Waals surface area contributed by atoms with Crippen LogP contribution in [0.5, 0.6) is 0 Å². The van der Waals surface area contributed by atoms with Crippen LogP contribution >= 0.6 is 0 Å². The number of ether oxygens (including phenoxy) is 1. The van der Waals surface area contributed by atoms with Crippen molar-refractivity contribution in [1.82, 2.24) is 10.2 Å². The largest absolute Gasteiger partial charge is 0.383 e. The van der Waals surface area contributed by atoms with E-state index in [1.54, 1.807) is 7.11 Å². The molecule has 2 unspecified atom stereocenters. The van der Waals surface area contributed by atoms with Gasteiger partial charge in [0.05, 0.1) is 6.61 Å². The van der Waals surface area contributed by atoms with Crippen LogP contribution in [0.25, 0.3) is 0 Å². The second kappa shape index (κ2) is 8.06. The molecule has 0 aromatic carbocycles. The molecule has 0 bridgehead atoms. The highest BCUT2D eigenvalue weighted by molar-refractivity contribution is 4.85. The zero-order valence-corrected chi connectivity index (χ0v) is 12.0. The summed E-state index contributed by atoms with van der Waals surface area (Å²) in [7, 11) is 1.79. The molecule has 3 heteroatoms. The Bertz CT molecular complexity index is 195. The molecule has 0 saturated heterocycles. The second-order valence-corrected chi connectivity index (χ2v) is 5.40. The molecule has 0 spiro atoms. The van der Waals surface area contributed by atoms with Crippen LogP contribution in [0.4, 0.5) is 0 Å². The molecule has 1 saturated carbocycles. The minimum atomic E-state index is 0.621. The molecular formula is C14H30N2O. The summed E-state index contributed by atoms with van der Waals surface area (Å²) in [5.41, 5.74) is 0. The summed E-state index contributed by atoms with van der Waals surface area (Å²) in [6.45, 7) is 9.81. The molecule has 1 aliphatic rings. The van der Waals surface area contributed by atoms with E-state index in [0.29, 0.717) is 6.04 Å². The van der Waals surface area contributed by atoms with Crippen LogP contribution < -0.4 is 5.32 Å². The Balaban J connectivity index is 2.48. The highest BCUT2D eigenvalue weighted by atomic mass is 16.5. The lowest BCUT2D eigenvalue weighted by Gasteiger charge is -2.40. The zero-order chi connectivity index (χ0) is 12.7. The molecular weight excluding hydrogens is 212 g/mol. The number of nitrogens with one attached hydrogen (secondary N) is 1. The van der Waals surface area contributed by atoms with E-state index in [-0.39, 0.29) is 0 Å². The molecule has 17 heavy (non-hydrogen) atoms. The van der Waals surface area contributed by atoms with Gasteiger partial charge in [-0.05, 0) is 39.7 Å². The molecule has 0 aromatic heterocycles. The molecule has 1 N–H and O–H groups in total. The Morgan fingerprint density at radius 3 is 2.71 bits per heavy atom. The van der Waals surface area contributed by atoms with Crippen LogP contribution in [0.15, 0.2) is 0 Å². The van der Waals surface area contributed by atoms with Gasteiger partial charge in [-0.15, -0.1) is 0 Å². The number of hydrogen-bond acceptors (Lipinski definition) is 3. The Kier molecular flexibility index (Phi) is 7.09. The van der Waals surface area contributed by atoms with Gasteiger partial charge in [-0.1, -0.05) is 13.3 Å². The van der Waals surface area contributed by atoms with Gasteiger partial charge in [0.1, 0.15) is 0 Å². The van der Waals surface area contributed by atoms with Crippen molar-refractivity contribution >= 4 is 0 Å². The van der Waals surface area contributed by atoms with Crippen molar-refractivity contribution in [1.29, 1.82) is 0 Å². The molecule has 102 valence electrons. The first kappa shape index (κ1) is 14.9. The van der Waals surface area contributed by atoms with E-state index < -0.39 is 0 Å². The van der Waals surface area contributed by atoms with Gasteiger partial charge in [0.2, 0.25) is 0 Å². The van der Waals surface area contributed by atoms with Crippen LogP contribution in [0.3, 0.4) is 0 Å². The van der Waals surface area contributed by atoms with Crippen LogP contribution in [0.2, 0.25) is 0 Å². The first-order valence-electron chi connectivity index (χ1n) is 7.17. The minimum Gasteiger partial charge on any atom is -0.383 e. The van der Waals surface area contributed by atoms with Crippen molar-refractivity contribution in [3.63, 3.8) is 0 Å². The van der Waals surface area contributed by atoms with Crippen molar-refractivity contribution in [2.45, 2.75) is 64.6 Å². The normalized spacial score (nSPS) is 25.8. The predicted molar refractivity (Wildman–Crippen MR) is 73.4 cm³/mol. The van der Waals surface area contributed by atoms with Crippen molar-refractivity contribution in [3.05, 3.63) is 0 Å². The van der Waals surface area contributed by atoms with E-state index in [9.17, 15) is 0 Å². The minimum absolute atomic E-state index is 0.621. The van der Waals surface area contributed by atoms with Crippen molar-refractivity contribution in [2.75, 3.05) is 26.8 Å². The fraction of sp³-hybridized carbons (Fsp3) is 1.00. The van der Waals surface area contributed by atoms with E-state index in [1.807, 2.05) is 0 Å². The third-order valence-corrected chi connectivity index (χ3v) is 3.83. The fourth-order valence-corrected chi connectivity index (χ4v) is 3.00. The monoisotopic (exact) mass is 242 g/mol. The van der Waals surface area contributed by atoms with Crippen LogP contribution in [0, 0.1) is 0 Å². The van der Waals surface area contributed by atoms with Gasteiger partial charge in [0.25, 0.3) is 0 Å². The molecule has 1 aliphatic carbocycles. The topological polar surface area (TPSA) is 24.5 Å². The number of rotatable bonds is 7. The maximum Gasteiger partial charge on any atom is 0.0589 e. The summed E-state index contributed by atoms with van der Waals surface area (Å²) >= 11 is 0. The Hall–Kier alpha value is -0.120. The average molecular weight is 242 g/mol. The van der Waals surface area contributed by atoms with Crippen molar-refractivity contribution in [3.8, 4) is 0 Å². The highest BCUT2D eigenvalue weighted by Gasteiger charge is 2.27. The lowest BCUT2D eigenvalue weighted by molar-refractivity contribution is 0.0714. The van der Waals surface area contributed by atoms with Crippen molar-refractivity contribution < 1.29 is 4.74 Å². The van der Waals surface area contributed by atoms with Gasteiger partial charge < -0.3 is 10.1 Å². The first-order chi connectivity index (χ1) is 8.19. The maximum absolute atomic E-state index is 5.23. The van der Waals surface area contributed by atoms with Gasteiger partial charge in [-0.25, -0.2) is 0 Å². The number of nitrogens with zero attached hydrogens (tertiary/aromatic N) is 1. The van der Waals surface area contributed by atoms with E-state index in [0.717, 1.165) is 31.8 Å². The maximum atomic E-state index is 5.23. The molecule has 3 nitrogen and oxygen atoms in total. The van der Waals surface area contributed by atoms with Gasteiger partial charge in [0.15, 0.2) is 0 Å². The smallest absolute Gasteiger partial charge is 0.0589 e. The number of methoxy groups -OCH3 is 1. The third-order valence-electron chi connectivity index (χ3n) is 3.83. The summed E-state index contributed by atoms with van der Waals surface area (Å²) in [6.07, 6.45) is 5.36. The van der Waals surface area contributed by atoms with Crippen LogP contribution in [-0.4, -0.2) is 49.8 Å². The molecule has 0 amide bonds. The van der Waals surface area contributed by atoms with Gasteiger partial charge >= 0.3 is 0 Å². The number of hydrogen-bond donors (Lipinski definition) is 1. The highest BCUT2D eigenvalue weighted by Crippen LogP contribution is 2.24. The lowest BCUT2D eigenvalue weighted by Crippen LogP contribution is -2.48. The standard InChI is InChI=1S/C14H30N2O/c1-5-15-13-7-6-8-14(11-13)16(12(2)3)9-10-17-4/h12-15H,5-11H2,1-4H3. The molecule has 0 aliphatic heterocycles. The van der Waals surface area contributed by atoms with Gasteiger partial charge in [0, 0.05) is 31.8 Å². The second-order valence-electron chi connectivity index (χ2n) is 5.40. The molecule has 1 rings (SSSR count). The predicted octanol–water partition coefficient (Wildman–Crippen LogP) is 2.26. The molecule has 0 heterocycles. The van der Waals surface area contributed by atoms with Crippen LogP contribution in [-0.2, 0) is 4.74 Å². The molecule has 1 fully saturated rings. The lowest BCUT2D eigenvalue weighted by atomic mass is 9.89. The van der Waals surface area contributed by atoms with E-state index in [2.05, 4.69) is 31.0 Å². The fourth-order valence-electron chi connectivity index (χ4n) is 3.00. The molecule has 2 atom stereocenters. The molecule has 0 aromatic rings. The molecule has 0 radical (unpaired) electrons. The van der Waals surface area contributed by atoms with Crippen molar-refractivity contribution in [2.24, 2.45) is 0 Å². The summed E-state index contributed by atoms with van der Waals surface area (Å²) < 4.78 is 5.23. The van der Waals surface area contributed by atoms with E-state index in [1.165, 1.54) is 25.7 Å². The Labute approximate surface area is 107 Å². The summed E-state index contributed by atoms with van der Waals surface area (Å²) in [6, 6.07) is 2.08. The Morgan fingerprint density at radius 1 is 1.35 bits per heavy atom. The van der Waals surface area contributed by atoms with E-state index >= 15 is 0 Å². The first-order valence-corrected chi connectivity index (χ1v) is 7.17. The SMILES string of the molecule is CCNC1CCCC(N(CCOC)C(C)C)C1. The third kappa shape index (κ3) is 4.94. The summed E-state index contributed by atoms with van der Waals surface area (Å²) in [4.78, 5) is 2.62. The quantitative estimate of drug-likeness (QED) is 0.741. The van der Waals surface area contributed by atoms with Crippen LogP contribution in [0.1, 0.15) is 46.5 Å². The Morgan fingerprint density at radius 2 is 2.12 bits per heavy atom. The van der Waals surface area contributed by atoms with E-state index in [4.69, 9.17) is 4.74 Å². The van der Waals surface area contributed by atoms with Gasteiger partial charge in [-0.3, -0.25) is 4.90 Å². The summed E-state index contributed by atoms with van der Waals surface area (Å²) in [5, 5.41) is 3.61.